The molecule has 2 N–H and O–H groups in total. The lowest BCUT2D eigenvalue weighted by atomic mass is 10.0. The quantitative estimate of drug-likeness (QED) is 0.747. The van der Waals surface area contributed by atoms with Gasteiger partial charge >= 0.3 is 0 Å². The molecule has 2 rings (SSSR count). The Hall–Kier alpha value is -1.30. The van der Waals surface area contributed by atoms with E-state index in [0.717, 1.165) is 37.6 Å². The minimum Gasteiger partial charge on any atom is -0.497 e. The van der Waals surface area contributed by atoms with Gasteiger partial charge in [0.1, 0.15) is 11.5 Å². The molecule has 1 aliphatic heterocycles. The second-order valence-electron chi connectivity index (χ2n) is 5.90. The van der Waals surface area contributed by atoms with Gasteiger partial charge in [0, 0.05) is 37.9 Å². The molecule has 0 fully saturated rings. The first kappa shape index (κ1) is 17.1. The summed E-state index contributed by atoms with van der Waals surface area (Å²) in [5, 5.41) is 0. The Kier molecular flexibility index (Phi) is 6.06. The van der Waals surface area contributed by atoms with Gasteiger partial charge in [0.15, 0.2) is 0 Å². The third-order valence-electron chi connectivity index (χ3n) is 4.07. The van der Waals surface area contributed by atoms with Gasteiger partial charge in [-0.3, -0.25) is 4.90 Å². The van der Waals surface area contributed by atoms with Crippen LogP contribution in [-0.4, -0.2) is 44.9 Å². The lowest BCUT2D eigenvalue weighted by Gasteiger charge is -2.24. The minimum absolute atomic E-state index is 0.204. The highest BCUT2D eigenvalue weighted by molar-refractivity contribution is 5.50. The van der Waals surface area contributed by atoms with Crippen LogP contribution < -0.4 is 15.2 Å². The third-order valence-corrected chi connectivity index (χ3v) is 4.07. The van der Waals surface area contributed by atoms with Crippen LogP contribution in [-0.2, 0) is 11.3 Å². The number of methoxy groups -OCH3 is 2. The van der Waals surface area contributed by atoms with Crippen LogP contribution in [0, 0.1) is 0 Å². The summed E-state index contributed by atoms with van der Waals surface area (Å²) in [7, 11) is 3.37. The molecule has 0 spiro atoms. The van der Waals surface area contributed by atoms with Crippen molar-refractivity contribution in [3.63, 3.8) is 0 Å². The lowest BCUT2D eigenvalue weighted by molar-refractivity contribution is 0.0675. The van der Waals surface area contributed by atoms with Crippen molar-refractivity contribution in [1.29, 1.82) is 0 Å². The van der Waals surface area contributed by atoms with E-state index in [0.29, 0.717) is 6.54 Å². The van der Waals surface area contributed by atoms with E-state index in [9.17, 15) is 0 Å². The molecule has 0 saturated carbocycles. The number of ether oxygens (including phenoxy) is 3. The maximum atomic E-state index is 6.03. The summed E-state index contributed by atoms with van der Waals surface area (Å²) >= 11 is 0. The highest BCUT2D eigenvalue weighted by atomic mass is 16.5. The van der Waals surface area contributed by atoms with E-state index in [1.807, 2.05) is 6.07 Å². The molecule has 1 heterocycles. The Morgan fingerprint density at radius 1 is 1.27 bits per heavy atom. The fourth-order valence-corrected chi connectivity index (χ4v) is 3.05. The average Bonchev–Trinajstić information content (AvgIpc) is 2.87. The zero-order valence-electron chi connectivity index (χ0n) is 14.1. The van der Waals surface area contributed by atoms with Crippen molar-refractivity contribution < 1.29 is 14.2 Å². The predicted octanol–water partition coefficient (Wildman–Crippen LogP) is 2.33. The van der Waals surface area contributed by atoms with Gasteiger partial charge in [0.05, 0.1) is 26.4 Å². The first-order valence-corrected chi connectivity index (χ1v) is 7.91. The smallest absolute Gasteiger partial charge is 0.127 e. The summed E-state index contributed by atoms with van der Waals surface area (Å²) in [6, 6.07) is 4.23. The van der Waals surface area contributed by atoms with E-state index in [-0.39, 0.29) is 12.1 Å². The van der Waals surface area contributed by atoms with Gasteiger partial charge in [-0.2, -0.15) is 0 Å². The summed E-state index contributed by atoms with van der Waals surface area (Å²) < 4.78 is 16.5. The minimum atomic E-state index is 0.204. The van der Waals surface area contributed by atoms with Crippen LogP contribution in [0.3, 0.4) is 0 Å². The standard InChI is InChI=1S/C17H28N2O3/c1-12(2)22-7-5-6-19-11-13-8-14(20-3)9-16(21-4)17(13)15(19)10-18/h8-9,12,15H,5-7,10-11,18H2,1-4H3. The van der Waals surface area contributed by atoms with Crippen LogP contribution in [0.15, 0.2) is 12.1 Å². The Bertz CT molecular complexity index is 491. The van der Waals surface area contributed by atoms with Gasteiger partial charge < -0.3 is 19.9 Å². The molecule has 0 aromatic heterocycles. The van der Waals surface area contributed by atoms with Crippen molar-refractivity contribution in [2.45, 2.75) is 39.0 Å². The summed E-state index contributed by atoms with van der Waals surface area (Å²) in [5.41, 5.74) is 8.48. The molecule has 1 aliphatic rings. The van der Waals surface area contributed by atoms with Gasteiger partial charge in [-0.25, -0.2) is 0 Å². The molecular weight excluding hydrogens is 280 g/mol. The number of fused-ring (bicyclic) bond motifs is 1. The van der Waals surface area contributed by atoms with Crippen LogP contribution in [0.25, 0.3) is 0 Å². The van der Waals surface area contributed by atoms with Crippen molar-refractivity contribution in [2.24, 2.45) is 5.73 Å². The second kappa shape index (κ2) is 7.81. The summed E-state index contributed by atoms with van der Waals surface area (Å²) in [6.45, 7) is 7.33. The fourth-order valence-electron chi connectivity index (χ4n) is 3.05. The molecule has 124 valence electrons. The van der Waals surface area contributed by atoms with E-state index in [1.165, 1.54) is 11.1 Å². The van der Waals surface area contributed by atoms with E-state index in [1.54, 1.807) is 14.2 Å². The van der Waals surface area contributed by atoms with Crippen LogP contribution in [0.4, 0.5) is 0 Å². The number of hydrogen-bond acceptors (Lipinski definition) is 5. The first-order valence-electron chi connectivity index (χ1n) is 7.91. The second-order valence-corrected chi connectivity index (χ2v) is 5.90. The monoisotopic (exact) mass is 308 g/mol. The predicted molar refractivity (Wildman–Crippen MR) is 87.5 cm³/mol. The van der Waals surface area contributed by atoms with Gasteiger partial charge in [0.25, 0.3) is 0 Å². The maximum Gasteiger partial charge on any atom is 0.127 e. The van der Waals surface area contributed by atoms with Crippen molar-refractivity contribution in [2.75, 3.05) is 33.9 Å². The molecule has 0 bridgehead atoms. The molecule has 1 aromatic rings. The molecule has 0 aliphatic carbocycles. The molecule has 5 heteroatoms. The SMILES string of the molecule is COc1cc2c(c(OC)c1)C(CN)N(CCCOC(C)C)C2. The molecule has 1 aromatic carbocycles. The van der Waals surface area contributed by atoms with Crippen molar-refractivity contribution in [1.82, 2.24) is 4.90 Å². The highest BCUT2D eigenvalue weighted by Crippen LogP contribution is 2.41. The summed E-state index contributed by atoms with van der Waals surface area (Å²) in [6.07, 6.45) is 1.28. The first-order chi connectivity index (χ1) is 10.6. The van der Waals surface area contributed by atoms with Crippen LogP contribution >= 0.6 is 0 Å². The van der Waals surface area contributed by atoms with Gasteiger partial charge in [0.2, 0.25) is 0 Å². The zero-order chi connectivity index (χ0) is 16.1. The normalized spacial score (nSPS) is 17.8. The number of nitrogens with two attached hydrogens (primary N) is 1. The topological polar surface area (TPSA) is 57.0 Å². The number of nitrogens with zero attached hydrogens (tertiary/aromatic N) is 1. The molecule has 1 atom stereocenters. The zero-order valence-corrected chi connectivity index (χ0v) is 14.1. The Morgan fingerprint density at radius 2 is 2.05 bits per heavy atom. The highest BCUT2D eigenvalue weighted by Gasteiger charge is 2.32. The van der Waals surface area contributed by atoms with E-state index in [4.69, 9.17) is 19.9 Å². The summed E-state index contributed by atoms with van der Waals surface area (Å²) in [4.78, 5) is 2.40. The lowest BCUT2D eigenvalue weighted by Crippen LogP contribution is -2.29. The molecule has 22 heavy (non-hydrogen) atoms. The number of benzene rings is 1. The van der Waals surface area contributed by atoms with Crippen LogP contribution in [0.5, 0.6) is 11.5 Å². The number of rotatable bonds is 8. The van der Waals surface area contributed by atoms with Crippen molar-refractivity contribution in [3.8, 4) is 11.5 Å². The Morgan fingerprint density at radius 3 is 2.64 bits per heavy atom. The molecule has 0 radical (unpaired) electrons. The van der Waals surface area contributed by atoms with Gasteiger partial charge in [-0.05, 0) is 31.9 Å². The van der Waals surface area contributed by atoms with E-state index in [2.05, 4.69) is 24.8 Å². The average molecular weight is 308 g/mol. The van der Waals surface area contributed by atoms with Gasteiger partial charge in [-0.15, -0.1) is 0 Å². The van der Waals surface area contributed by atoms with E-state index >= 15 is 0 Å². The molecular formula is C17H28N2O3. The Balaban J connectivity index is 2.10. The van der Waals surface area contributed by atoms with Crippen molar-refractivity contribution in [3.05, 3.63) is 23.3 Å². The number of hydrogen-bond donors (Lipinski definition) is 1. The molecule has 5 nitrogen and oxygen atoms in total. The van der Waals surface area contributed by atoms with Crippen molar-refractivity contribution >= 4 is 0 Å². The van der Waals surface area contributed by atoms with Crippen LogP contribution in [0.1, 0.15) is 37.4 Å². The molecule has 0 saturated heterocycles. The fraction of sp³-hybridized carbons (Fsp3) is 0.647. The third kappa shape index (κ3) is 3.72. The largest absolute Gasteiger partial charge is 0.497 e. The van der Waals surface area contributed by atoms with Crippen LogP contribution in [0.2, 0.25) is 0 Å². The van der Waals surface area contributed by atoms with E-state index < -0.39 is 0 Å². The Labute approximate surface area is 133 Å². The summed E-state index contributed by atoms with van der Waals surface area (Å²) in [5.74, 6) is 1.70. The molecule has 0 amide bonds. The molecule has 1 unspecified atom stereocenters. The maximum absolute atomic E-state index is 6.03. The van der Waals surface area contributed by atoms with Gasteiger partial charge in [-0.1, -0.05) is 0 Å².